The fourth-order valence-electron chi connectivity index (χ4n) is 1.63. The van der Waals surface area contributed by atoms with E-state index in [1.54, 1.807) is 0 Å². The fourth-order valence-corrected chi connectivity index (χ4v) is 1.63. The maximum Gasteiger partial charge on any atom is 0.0221 e. The molecule has 2 N–H and O–H groups in total. The smallest absolute Gasteiger partial charge is 0.0221 e. The third-order valence-electron chi connectivity index (χ3n) is 2.43. The Morgan fingerprint density at radius 3 is 3.08 bits per heavy atom. The molecule has 1 fully saturated rings. The van der Waals surface area contributed by atoms with Crippen LogP contribution >= 0.6 is 0 Å². The first-order valence-corrected chi connectivity index (χ1v) is 4.92. The molecule has 2 unspecified atom stereocenters. The Hall–Kier alpha value is -0.340. The summed E-state index contributed by atoms with van der Waals surface area (Å²) >= 11 is 0. The van der Waals surface area contributed by atoms with Crippen molar-refractivity contribution in [3.05, 3.63) is 12.7 Å². The Balaban J connectivity index is 2.24. The lowest BCUT2D eigenvalue weighted by molar-refractivity contribution is 0.448. The van der Waals surface area contributed by atoms with Gasteiger partial charge in [0.2, 0.25) is 0 Å². The van der Waals surface area contributed by atoms with Crippen LogP contribution in [0.4, 0.5) is 0 Å². The molecule has 2 nitrogen and oxygen atoms in total. The molecule has 1 aliphatic rings. The number of hydrogen-bond acceptors (Lipinski definition) is 2. The van der Waals surface area contributed by atoms with Crippen LogP contribution in [0.15, 0.2) is 12.7 Å². The van der Waals surface area contributed by atoms with Crippen molar-refractivity contribution in [3.63, 3.8) is 0 Å². The van der Waals surface area contributed by atoms with Gasteiger partial charge >= 0.3 is 0 Å². The molecule has 1 heterocycles. The zero-order valence-corrected chi connectivity index (χ0v) is 7.97. The molecule has 1 aliphatic heterocycles. The monoisotopic (exact) mass is 168 g/mol. The van der Waals surface area contributed by atoms with Crippen LogP contribution in [-0.2, 0) is 0 Å². The highest BCUT2D eigenvalue weighted by Gasteiger charge is 2.11. The van der Waals surface area contributed by atoms with Gasteiger partial charge in [-0.25, -0.2) is 0 Å². The molecule has 0 aromatic carbocycles. The van der Waals surface area contributed by atoms with Crippen molar-refractivity contribution in [3.8, 4) is 0 Å². The Bertz CT molecular complexity index is 126. The van der Waals surface area contributed by atoms with Gasteiger partial charge in [-0.3, -0.25) is 0 Å². The largest absolute Gasteiger partial charge is 0.317 e. The van der Waals surface area contributed by atoms with Crippen molar-refractivity contribution in [2.75, 3.05) is 13.1 Å². The summed E-state index contributed by atoms with van der Waals surface area (Å²) in [4.78, 5) is 0. The molecule has 2 atom stereocenters. The van der Waals surface area contributed by atoms with Gasteiger partial charge in [-0.15, -0.1) is 6.58 Å². The molecule has 0 aliphatic carbocycles. The number of nitrogens with one attached hydrogen (secondary N) is 2. The summed E-state index contributed by atoms with van der Waals surface area (Å²) in [6.07, 6.45) is 5.81. The Morgan fingerprint density at radius 2 is 2.33 bits per heavy atom. The topological polar surface area (TPSA) is 24.1 Å². The van der Waals surface area contributed by atoms with Crippen LogP contribution in [0.5, 0.6) is 0 Å². The highest BCUT2D eigenvalue weighted by Crippen LogP contribution is 2.05. The lowest BCUT2D eigenvalue weighted by Crippen LogP contribution is -2.35. The first-order valence-electron chi connectivity index (χ1n) is 4.92. The maximum atomic E-state index is 3.77. The van der Waals surface area contributed by atoms with Crippen LogP contribution in [-0.4, -0.2) is 25.2 Å². The predicted molar refractivity (Wildman–Crippen MR) is 53.3 cm³/mol. The summed E-state index contributed by atoms with van der Waals surface area (Å²) < 4.78 is 0. The van der Waals surface area contributed by atoms with Gasteiger partial charge in [0.25, 0.3) is 0 Å². The second-order valence-corrected chi connectivity index (χ2v) is 3.57. The van der Waals surface area contributed by atoms with Crippen LogP contribution < -0.4 is 10.6 Å². The summed E-state index contributed by atoms with van der Waals surface area (Å²) in [5.41, 5.74) is 0. The third-order valence-corrected chi connectivity index (χ3v) is 2.43. The van der Waals surface area contributed by atoms with E-state index in [-0.39, 0.29) is 0 Å². The van der Waals surface area contributed by atoms with Gasteiger partial charge in [-0.05, 0) is 39.3 Å². The Labute approximate surface area is 75.4 Å². The second-order valence-electron chi connectivity index (χ2n) is 3.57. The fraction of sp³-hybridized carbons (Fsp3) is 0.800. The lowest BCUT2D eigenvalue weighted by atomic mass is 10.1. The van der Waals surface area contributed by atoms with Crippen LogP contribution in [0.1, 0.15) is 26.2 Å². The highest BCUT2D eigenvalue weighted by atomic mass is 15.0. The van der Waals surface area contributed by atoms with Gasteiger partial charge in [0.05, 0.1) is 0 Å². The van der Waals surface area contributed by atoms with Crippen molar-refractivity contribution in [1.29, 1.82) is 0 Å². The summed E-state index contributed by atoms with van der Waals surface area (Å²) in [5.74, 6) is 0. The van der Waals surface area contributed by atoms with Crippen LogP contribution in [0.2, 0.25) is 0 Å². The third kappa shape index (κ3) is 3.37. The summed E-state index contributed by atoms with van der Waals surface area (Å²) in [6.45, 7) is 8.26. The van der Waals surface area contributed by atoms with E-state index in [0.29, 0.717) is 12.1 Å². The van der Waals surface area contributed by atoms with Crippen molar-refractivity contribution in [2.45, 2.75) is 38.3 Å². The Kier molecular flexibility index (Phi) is 4.33. The maximum absolute atomic E-state index is 3.77. The first kappa shape index (κ1) is 9.75. The van der Waals surface area contributed by atoms with Crippen LogP contribution in [0, 0.1) is 0 Å². The quantitative estimate of drug-likeness (QED) is 0.621. The predicted octanol–water partition coefficient (Wildman–Crippen LogP) is 1.29. The lowest BCUT2D eigenvalue weighted by Gasteiger charge is -2.19. The molecule has 12 heavy (non-hydrogen) atoms. The molecule has 0 aromatic rings. The first-order chi connectivity index (χ1) is 5.83. The van der Waals surface area contributed by atoms with E-state index in [1.807, 2.05) is 6.08 Å². The van der Waals surface area contributed by atoms with Crippen LogP contribution in [0.3, 0.4) is 0 Å². The van der Waals surface area contributed by atoms with E-state index in [9.17, 15) is 0 Å². The average Bonchev–Trinajstić information content (AvgIpc) is 2.33. The molecule has 1 rings (SSSR count). The number of hydrogen-bond donors (Lipinski definition) is 2. The molecule has 0 bridgehead atoms. The van der Waals surface area contributed by atoms with Gasteiger partial charge < -0.3 is 10.6 Å². The zero-order chi connectivity index (χ0) is 8.81. The molecular formula is C10H20N2. The minimum atomic E-state index is 0.452. The minimum Gasteiger partial charge on any atom is -0.317 e. The molecular weight excluding hydrogens is 148 g/mol. The summed E-state index contributed by atoms with van der Waals surface area (Å²) in [5, 5.41) is 6.95. The molecule has 0 amide bonds. The molecule has 0 aromatic heterocycles. The van der Waals surface area contributed by atoms with E-state index in [4.69, 9.17) is 0 Å². The van der Waals surface area contributed by atoms with E-state index in [1.165, 1.54) is 25.8 Å². The molecule has 1 saturated heterocycles. The van der Waals surface area contributed by atoms with E-state index in [2.05, 4.69) is 24.1 Å². The summed E-state index contributed by atoms with van der Waals surface area (Å²) in [7, 11) is 0. The Morgan fingerprint density at radius 1 is 1.50 bits per heavy atom. The average molecular weight is 168 g/mol. The molecule has 0 saturated carbocycles. The van der Waals surface area contributed by atoms with Gasteiger partial charge in [0.1, 0.15) is 0 Å². The van der Waals surface area contributed by atoms with Crippen molar-refractivity contribution < 1.29 is 0 Å². The van der Waals surface area contributed by atoms with E-state index in [0.717, 1.165) is 6.54 Å². The SMILES string of the molecule is C=CC(C)NC1CCCNCC1. The normalized spacial score (nSPS) is 27.6. The summed E-state index contributed by atoms with van der Waals surface area (Å²) in [6, 6.07) is 1.14. The van der Waals surface area contributed by atoms with Gasteiger partial charge in [-0.2, -0.15) is 0 Å². The highest BCUT2D eigenvalue weighted by molar-refractivity contribution is 4.85. The minimum absolute atomic E-state index is 0.452. The van der Waals surface area contributed by atoms with E-state index < -0.39 is 0 Å². The van der Waals surface area contributed by atoms with Crippen molar-refractivity contribution >= 4 is 0 Å². The molecule has 0 radical (unpaired) electrons. The van der Waals surface area contributed by atoms with Gasteiger partial charge in [0, 0.05) is 12.1 Å². The van der Waals surface area contributed by atoms with E-state index >= 15 is 0 Å². The van der Waals surface area contributed by atoms with Crippen LogP contribution in [0.25, 0.3) is 0 Å². The van der Waals surface area contributed by atoms with Gasteiger partial charge in [-0.1, -0.05) is 6.08 Å². The zero-order valence-electron chi connectivity index (χ0n) is 7.97. The van der Waals surface area contributed by atoms with Crippen molar-refractivity contribution in [1.82, 2.24) is 10.6 Å². The molecule has 70 valence electrons. The van der Waals surface area contributed by atoms with Gasteiger partial charge in [0.15, 0.2) is 0 Å². The standard InChI is InChI=1S/C10H20N2/c1-3-9(2)12-10-5-4-7-11-8-6-10/h3,9-12H,1,4-8H2,2H3. The van der Waals surface area contributed by atoms with Crippen molar-refractivity contribution in [2.24, 2.45) is 0 Å². The number of rotatable bonds is 3. The molecule has 2 heteroatoms. The second kappa shape index (κ2) is 5.33. The molecule has 0 spiro atoms.